The summed E-state index contributed by atoms with van der Waals surface area (Å²) in [6, 6.07) is 0. The molecule has 2 nitrogen and oxygen atoms in total. The summed E-state index contributed by atoms with van der Waals surface area (Å²) in [5.41, 5.74) is 0.264. The maximum atomic E-state index is 11.0. The third kappa shape index (κ3) is 1.15. The van der Waals surface area contributed by atoms with Gasteiger partial charge in [-0.05, 0) is 25.0 Å². The van der Waals surface area contributed by atoms with Crippen LogP contribution >= 0.6 is 11.8 Å². The summed E-state index contributed by atoms with van der Waals surface area (Å²) in [5, 5.41) is 3.07. The molecule has 1 amide bonds. The Hall–Kier alpha value is -0.180. The zero-order chi connectivity index (χ0) is 7.03. The molecule has 1 spiro atoms. The minimum Gasteiger partial charge on any atom is -0.350 e. The highest BCUT2D eigenvalue weighted by Crippen LogP contribution is 2.40. The van der Waals surface area contributed by atoms with Crippen molar-refractivity contribution in [3.63, 3.8) is 0 Å². The Kier molecular flexibility index (Phi) is 1.41. The summed E-state index contributed by atoms with van der Waals surface area (Å²) in [6.07, 6.45) is 3.60. The monoisotopic (exact) mass is 157 g/mol. The van der Waals surface area contributed by atoms with Gasteiger partial charge in [0.2, 0.25) is 5.91 Å². The molecule has 1 heterocycles. The molecule has 1 saturated heterocycles. The fourth-order valence-electron chi connectivity index (χ4n) is 1.35. The van der Waals surface area contributed by atoms with Crippen LogP contribution in [0.1, 0.15) is 19.3 Å². The lowest BCUT2D eigenvalue weighted by molar-refractivity contribution is -0.119. The summed E-state index contributed by atoms with van der Waals surface area (Å²) >= 11 is 1.75. The van der Waals surface area contributed by atoms with Crippen LogP contribution < -0.4 is 5.32 Å². The molecule has 0 atom stereocenters. The Balaban J connectivity index is 2.03. The summed E-state index contributed by atoms with van der Waals surface area (Å²) in [4.78, 5) is 11.0. The van der Waals surface area contributed by atoms with Crippen molar-refractivity contribution in [2.45, 2.75) is 24.8 Å². The summed E-state index contributed by atoms with van der Waals surface area (Å²) in [6.45, 7) is 0. The number of carbonyl (C=O) groups is 1. The van der Waals surface area contributed by atoms with Gasteiger partial charge in [0.25, 0.3) is 0 Å². The molecular weight excluding hydrogens is 146 g/mol. The molecule has 0 unspecified atom stereocenters. The maximum absolute atomic E-state index is 11.0. The topological polar surface area (TPSA) is 29.1 Å². The number of carbonyl (C=O) groups excluding carboxylic acids is 1. The van der Waals surface area contributed by atoms with Gasteiger partial charge in [-0.25, -0.2) is 0 Å². The van der Waals surface area contributed by atoms with Crippen LogP contribution in [0.3, 0.4) is 0 Å². The molecule has 56 valence electrons. The number of hydrogen-bond acceptors (Lipinski definition) is 2. The van der Waals surface area contributed by atoms with Gasteiger partial charge in [-0.2, -0.15) is 11.8 Å². The lowest BCUT2D eigenvalue weighted by Crippen LogP contribution is -2.36. The van der Waals surface area contributed by atoms with E-state index in [1.54, 1.807) is 11.8 Å². The molecule has 3 heteroatoms. The first-order valence-electron chi connectivity index (χ1n) is 3.70. The average Bonchev–Trinajstić information content (AvgIpc) is 2.64. The molecule has 0 aromatic heterocycles. The van der Waals surface area contributed by atoms with Gasteiger partial charge >= 0.3 is 0 Å². The van der Waals surface area contributed by atoms with Crippen LogP contribution in [0.25, 0.3) is 0 Å². The second-order valence-electron chi connectivity index (χ2n) is 3.13. The van der Waals surface area contributed by atoms with Crippen LogP contribution in [0.5, 0.6) is 0 Å². The standard InChI is InChI=1S/C7H11NOS/c9-6-5-10-4-3-7(8-6)1-2-7/h1-5H2,(H,8,9). The summed E-state index contributed by atoms with van der Waals surface area (Å²) in [5.74, 6) is 2.06. The zero-order valence-corrected chi connectivity index (χ0v) is 6.67. The lowest BCUT2D eigenvalue weighted by Gasteiger charge is -2.11. The predicted octanol–water partition coefficient (Wildman–Crippen LogP) is 0.772. The zero-order valence-electron chi connectivity index (χ0n) is 5.85. The smallest absolute Gasteiger partial charge is 0.230 e. The van der Waals surface area contributed by atoms with Crippen molar-refractivity contribution in [1.29, 1.82) is 0 Å². The summed E-state index contributed by atoms with van der Waals surface area (Å²) in [7, 11) is 0. The number of amides is 1. The lowest BCUT2D eigenvalue weighted by atomic mass is 10.2. The van der Waals surface area contributed by atoms with Gasteiger partial charge in [-0.3, -0.25) is 4.79 Å². The van der Waals surface area contributed by atoms with Crippen LogP contribution in [0.2, 0.25) is 0 Å². The quantitative estimate of drug-likeness (QED) is 0.563. The summed E-state index contributed by atoms with van der Waals surface area (Å²) < 4.78 is 0. The second-order valence-corrected chi connectivity index (χ2v) is 4.24. The third-order valence-corrected chi connectivity index (χ3v) is 3.18. The molecule has 1 saturated carbocycles. The van der Waals surface area contributed by atoms with Crippen LogP contribution in [0.4, 0.5) is 0 Å². The molecule has 2 fully saturated rings. The van der Waals surface area contributed by atoms with Crippen molar-refractivity contribution in [1.82, 2.24) is 5.32 Å². The number of thioether (sulfide) groups is 1. The van der Waals surface area contributed by atoms with E-state index in [9.17, 15) is 4.79 Å². The van der Waals surface area contributed by atoms with E-state index in [1.165, 1.54) is 19.3 Å². The highest BCUT2D eigenvalue weighted by atomic mass is 32.2. The normalized spacial score (nSPS) is 29.4. The number of nitrogens with one attached hydrogen (secondary N) is 1. The van der Waals surface area contributed by atoms with Crippen molar-refractivity contribution in [2.24, 2.45) is 0 Å². The molecule has 0 bridgehead atoms. The molecule has 0 radical (unpaired) electrons. The van der Waals surface area contributed by atoms with Gasteiger partial charge in [0.15, 0.2) is 0 Å². The van der Waals surface area contributed by atoms with Crippen LogP contribution in [-0.2, 0) is 4.79 Å². The molecule has 0 aromatic carbocycles. The highest BCUT2D eigenvalue weighted by molar-refractivity contribution is 7.99. The van der Waals surface area contributed by atoms with Gasteiger partial charge in [0.1, 0.15) is 0 Å². The third-order valence-electron chi connectivity index (χ3n) is 2.22. The molecule has 10 heavy (non-hydrogen) atoms. The predicted molar refractivity (Wildman–Crippen MR) is 42.0 cm³/mol. The Labute approximate surface area is 64.8 Å². The second kappa shape index (κ2) is 2.16. The molecular formula is C7H11NOS. The van der Waals surface area contributed by atoms with Gasteiger partial charge in [0, 0.05) is 5.54 Å². The Morgan fingerprint density at radius 3 is 2.90 bits per heavy atom. The first kappa shape index (κ1) is 6.53. The van der Waals surface area contributed by atoms with E-state index < -0.39 is 0 Å². The highest BCUT2D eigenvalue weighted by Gasteiger charge is 2.44. The van der Waals surface area contributed by atoms with Crippen molar-refractivity contribution in [3.8, 4) is 0 Å². The Morgan fingerprint density at radius 2 is 2.20 bits per heavy atom. The van der Waals surface area contributed by atoms with Crippen LogP contribution in [0.15, 0.2) is 0 Å². The SMILES string of the molecule is O=C1CSCCC2(CC2)N1. The van der Waals surface area contributed by atoms with Crippen LogP contribution in [0, 0.1) is 0 Å². The molecule has 0 aromatic rings. The fourth-order valence-corrected chi connectivity index (χ4v) is 2.29. The number of rotatable bonds is 0. The Morgan fingerprint density at radius 1 is 1.40 bits per heavy atom. The van der Waals surface area contributed by atoms with E-state index in [0.717, 1.165) is 5.75 Å². The first-order chi connectivity index (χ1) is 4.81. The fraction of sp³-hybridized carbons (Fsp3) is 0.857. The van der Waals surface area contributed by atoms with E-state index >= 15 is 0 Å². The average molecular weight is 157 g/mol. The van der Waals surface area contributed by atoms with Crippen molar-refractivity contribution < 1.29 is 4.79 Å². The molecule has 1 N–H and O–H groups in total. The van der Waals surface area contributed by atoms with Crippen molar-refractivity contribution in [2.75, 3.05) is 11.5 Å². The van der Waals surface area contributed by atoms with Gasteiger partial charge in [0.05, 0.1) is 5.75 Å². The molecule has 1 aliphatic carbocycles. The van der Waals surface area contributed by atoms with Crippen molar-refractivity contribution >= 4 is 17.7 Å². The molecule has 1 aliphatic heterocycles. The Bertz CT molecular complexity index is 165. The minimum atomic E-state index is 0.236. The van der Waals surface area contributed by atoms with E-state index in [-0.39, 0.29) is 11.4 Å². The molecule has 2 rings (SSSR count). The number of hydrogen-bond donors (Lipinski definition) is 1. The molecule has 2 aliphatic rings. The van der Waals surface area contributed by atoms with Gasteiger partial charge < -0.3 is 5.32 Å². The van der Waals surface area contributed by atoms with Gasteiger partial charge in [-0.15, -0.1) is 0 Å². The van der Waals surface area contributed by atoms with E-state index in [0.29, 0.717) is 5.75 Å². The largest absolute Gasteiger partial charge is 0.350 e. The maximum Gasteiger partial charge on any atom is 0.230 e. The van der Waals surface area contributed by atoms with Crippen molar-refractivity contribution in [3.05, 3.63) is 0 Å². The van der Waals surface area contributed by atoms with E-state index in [2.05, 4.69) is 5.32 Å². The van der Waals surface area contributed by atoms with Gasteiger partial charge in [-0.1, -0.05) is 0 Å². The van der Waals surface area contributed by atoms with E-state index in [4.69, 9.17) is 0 Å². The minimum absolute atomic E-state index is 0.236. The first-order valence-corrected chi connectivity index (χ1v) is 4.85. The van der Waals surface area contributed by atoms with Crippen LogP contribution in [-0.4, -0.2) is 23.0 Å². The van der Waals surface area contributed by atoms with E-state index in [1.807, 2.05) is 0 Å².